The number of aromatic nitrogens is 2. The molecular weight excluding hydrogens is 865 g/mol. The number of hydrogen-bond donors (Lipinski definition) is 0. The van der Waals surface area contributed by atoms with Crippen LogP contribution in [0, 0.1) is 24.9 Å². The van der Waals surface area contributed by atoms with Gasteiger partial charge >= 0.3 is 0 Å². The van der Waals surface area contributed by atoms with Crippen LogP contribution in [-0.2, 0) is 26.5 Å². The molecule has 1 fully saturated rings. The Morgan fingerprint density at radius 1 is 0.745 bits per heavy atom. The molecule has 1 aliphatic rings. The summed E-state index contributed by atoms with van der Waals surface area (Å²) in [6.07, 6.45) is 6.32. The molecule has 3 heterocycles. The standard InChI is InChI=1S/C30H26NO.C20H20NSi.Ir/c1-20-9-11-23(12-10-20)25-7-4-8-29-30(25)26-19-24(13-14-28(26)32-29)27-18-22(15-16-31-27)17-21-5-2-3-6-21;1-22(2,3)19-12-13-20(21-15-19)18-11-7-10-17(14-18)16-8-5-4-6-9-16;/h4,7-12,14-16,18-19,21H,2-3,5-6,17H2,1H3;4-10,12-15H,1-3H3;/q2*-1;/i1D3,17D2;;. The summed E-state index contributed by atoms with van der Waals surface area (Å²) >= 11 is 0. The van der Waals surface area contributed by atoms with E-state index in [0.29, 0.717) is 22.4 Å². The Hall–Kier alpha value is -4.93. The summed E-state index contributed by atoms with van der Waals surface area (Å²) in [7, 11) is -1.29. The Morgan fingerprint density at radius 3 is 2.29 bits per heavy atom. The van der Waals surface area contributed by atoms with Gasteiger partial charge in [-0.2, -0.15) is 0 Å². The van der Waals surface area contributed by atoms with Crippen molar-refractivity contribution in [3.63, 3.8) is 0 Å². The fraction of sp³-hybridized carbons (Fsp3) is 0.200. The molecule has 1 radical (unpaired) electrons. The quantitative estimate of drug-likeness (QED) is 0.118. The van der Waals surface area contributed by atoms with E-state index in [0.717, 1.165) is 70.0 Å². The van der Waals surface area contributed by atoms with Crippen LogP contribution in [0.25, 0.3) is 66.7 Å². The summed E-state index contributed by atoms with van der Waals surface area (Å²) in [6, 6.07) is 47.8. The molecule has 0 unspecified atom stereocenters. The fourth-order valence-electron chi connectivity index (χ4n) is 7.20. The number of pyridine rings is 2. The Balaban J connectivity index is 0.000000203. The fourth-order valence-corrected chi connectivity index (χ4v) is 8.24. The first kappa shape index (κ1) is 32.3. The Labute approximate surface area is 347 Å². The zero-order valence-corrected chi connectivity index (χ0v) is 34.7. The number of rotatable bonds is 7. The van der Waals surface area contributed by atoms with Gasteiger partial charge in [0.05, 0.1) is 13.7 Å². The average molecular weight is 916 g/mol. The molecule has 0 amide bonds. The number of benzene rings is 5. The third kappa shape index (κ3) is 8.81. The molecular formula is C50H46IrN2OSi-2. The van der Waals surface area contributed by atoms with Crippen molar-refractivity contribution in [2.75, 3.05) is 0 Å². The van der Waals surface area contributed by atoms with Crippen LogP contribution < -0.4 is 5.19 Å². The molecule has 0 saturated heterocycles. The normalized spacial score (nSPS) is 14.9. The topological polar surface area (TPSA) is 38.9 Å². The van der Waals surface area contributed by atoms with Gasteiger partial charge in [0.2, 0.25) is 0 Å². The average Bonchev–Trinajstić information content (AvgIpc) is 3.93. The van der Waals surface area contributed by atoms with Crippen LogP contribution in [0.4, 0.5) is 0 Å². The number of furan rings is 1. The molecule has 9 rings (SSSR count). The zero-order chi connectivity index (χ0) is 41.4. The van der Waals surface area contributed by atoms with Crippen LogP contribution in [-0.4, -0.2) is 18.0 Å². The van der Waals surface area contributed by atoms with Crippen molar-refractivity contribution in [2.24, 2.45) is 5.92 Å². The van der Waals surface area contributed by atoms with Crippen molar-refractivity contribution in [1.82, 2.24) is 9.97 Å². The first-order valence-corrected chi connectivity index (χ1v) is 22.2. The third-order valence-electron chi connectivity index (χ3n) is 10.2. The van der Waals surface area contributed by atoms with Crippen LogP contribution in [0.3, 0.4) is 0 Å². The molecule has 1 aliphatic carbocycles. The minimum Gasteiger partial charge on any atom is -0.500 e. The number of nitrogens with zero attached hydrogens (tertiary/aromatic N) is 2. The zero-order valence-electron chi connectivity index (χ0n) is 36.3. The van der Waals surface area contributed by atoms with Crippen molar-refractivity contribution in [3.05, 3.63) is 163 Å². The second kappa shape index (κ2) is 16.8. The van der Waals surface area contributed by atoms with Crippen molar-refractivity contribution >= 4 is 35.2 Å². The van der Waals surface area contributed by atoms with Crippen LogP contribution in [0.2, 0.25) is 19.6 Å². The summed E-state index contributed by atoms with van der Waals surface area (Å²) in [5.74, 6) is 0.0336. The molecule has 277 valence electrons. The largest absolute Gasteiger partial charge is 0.500 e. The second-order valence-corrected chi connectivity index (χ2v) is 20.2. The van der Waals surface area contributed by atoms with Crippen LogP contribution >= 0.6 is 0 Å². The van der Waals surface area contributed by atoms with E-state index in [1.807, 2.05) is 66.9 Å². The minimum atomic E-state index is -2.15. The summed E-state index contributed by atoms with van der Waals surface area (Å²) in [6.45, 7) is 4.87. The van der Waals surface area contributed by atoms with Gasteiger partial charge in [0.1, 0.15) is 5.58 Å². The van der Waals surface area contributed by atoms with E-state index in [2.05, 4.69) is 90.3 Å². The first-order chi connectivity index (χ1) is 28.3. The van der Waals surface area contributed by atoms with Crippen molar-refractivity contribution in [1.29, 1.82) is 0 Å². The molecule has 3 nitrogen and oxygen atoms in total. The second-order valence-electron chi connectivity index (χ2n) is 15.1. The third-order valence-corrected chi connectivity index (χ3v) is 12.2. The van der Waals surface area contributed by atoms with Gasteiger partial charge in [-0.3, -0.25) is 0 Å². The number of aryl methyl sites for hydroxylation is 1. The summed E-state index contributed by atoms with van der Waals surface area (Å²) in [5.41, 5.74) is 10.1. The molecule has 0 atom stereocenters. The van der Waals surface area contributed by atoms with Gasteiger partial charge in [-0.25, -0.2) is 0 Å². The first-order valence-electron chi connectivity index (χ1n) is 21.2. The number of fused-ring (bicyclic) bond motifs is 3. The van der Waals surface area contributed by atoms with Gasteiger partial charge in [0.15, 0.2) is 0 Å². The van der Waals surface area contributed by atoms with Crippen LogP contribution in [0.1, 0.15) is 43.7 Å². The van der Waals surface area contributed by atoms with Gasteiger partial charge < -0.3 is 14.4 Å². The maximum absolute atomic E-state index is 8.79. The Bertz CT molecular complexity index is 2720. The molecule has 0 N–H and O–H groups in total. The molecule has 3 aromatic heterocycles. The van der Waals surface area contributed by atoms with Crippen LogP contribution in [0.5, 0.6) is 0 Å². The molecule has 5 heteroatoms. The van der Waals surface area contributed by atoms with Crippen molar-refractivity contribution < 1.29 is 31.4 Å². The van der Waals surface area contributed by atoms with E-state index in [9.17, 15) is 0 Å². The molecule has 0 spiro atoms. The molecule has 8 aromatic rings. The van der Waals surface area contributed by atoms with Gasteiger partial charge in [-0.05, 0) is 64.5 Å². The molecule has 0 bridgehead atoms. The van der Waals surface area contributed by atoms with E-state index < -0.39 is 21.3 Å². The maximum atomic E-state index is 8.79. The number of hydrogen-bond acceptors (Lipinski definition) is 3. The monoisotopic (exact) mass is 916 g/mol. The van der Waals surface area contributed by atoms with Gasteiger partial charge in [0, 0.05) is 44.7 Å². The Morgan fingerprint density at radius 2 is 1.55 bits per heavy atom. The van der Waals surface area contributed by atoms with E-state index >= 15 is 0 Å². The van der Waals surface area contributed by atoms with Gasteiger partial charge in [0.25, 0.3) is 0 Å². The predicted octanol–water partition coefficient (Wildman–Crippen LogP) is 12.9. The SMILES string of the molecule is C[Si](C)(C)c1ccc(-c2[c-]ccc(-c3ccccc3)c2)nc1.[2H]C([2H])([2H])c1ccc(-c2cccc3oc4c[c-]c(-c5cc(C([2H])([2H])C6CCCC6)ccn5)cc4c23)cc1.[Ir]. The van der Waals surface area contributed by atoms with Gasteiger partial charge in [-0.1, -0.05) is 147 Å². The maximum Gasteiger partial charge on any atom is 0.121 e. The summed E-state index contributed by atoms with van der Waals surface area (Å²) in [4.78, 5) is 9.21. The van der Waals surface area contributed by atoms with E-state index in [-0.39, 0.29) is 26.0 Å². The van der Waals surface area contributed by atoms with E-state index in [1.165, 1.54) is 16.3 Å². The molecule has 55 heavy (non-hydrogen) atoms. The van der Waals surface area contributed by atoms with E-state index in [4.69, 9.17) is 11.3 Å². The van der Waals surface area contributed by atoms with Crippen LogP contribution in [0.15, 0.2) is 144 Å². The van der Waals surface area contributed by atoms with Gasteiger partial charge in [-0.15, -0.1) is 59.2 Å². The predicted molar refractivity (Wildman–Crippen MR) is 229 cm³/mol. The molecule has 5 aromatic carbocycles. The van der Waals surface area contributed by atoms with Crippen molar-refractivity contribution in [3.8, 4) is 44.8 Å². The Kier molecular flexibility index (Phi) is 9.89. The van der Waals surface area contributed by atoms with Crippen molar-refractivity contribution in [2.45, 2.75) is 58.5 Å². The smallest absolute Gasteiger partial charge is 0.121 e. The molecule has 0 aliphatic heterocycles. The summed E-state index contributed by atoms with van der Waals surface area (Å²) < 4.78 is 46.7. The molecule has 1 saturated carbocycles. The summed E-state index contributed by atoms with van der Waals surface area (Å²) in [5, 5.41) is 3.23. The van der Waals surface area contributed by atoms with E-state index in [1.54, 1.807) is 24.4 Å². The minimum absolute atomic E-state index is 0.